The van der Waals surface area contributed by atoms with Crippen LogP contribution in [0.2, 0.25) is 0 Å². The molecule has 0 N–H and O–H groups in total. The Labute approximate surface area is 100 Å². The van der Waals surface area contributed by atoms with Crippen molar-refractivity contribution >= 4 is 0 Å². The zero-order valence-electron chi connectivity index (χ0n) is 10.2. The molecule has 1 radical (unpaired) electrons. The summed E-state index contributed by atoms with van der Waals surface area (Å²) in [6.45, 7) is 0. The molecule has 5 heteroatoms. The third-order valence-electron chi connectivity index (χ3n) is 0. The SMILES string of the molecule is C[N-]C.C[N-]C.C[N-]C.C[N-]C.[Ta]. The molecule has 0 aliphatic rings. The molecular weight excluding hydrogens is 333 g/mol. The minimum Gasteiger partial charge on any atom is -0.668 e. The van der Waals surface area contributed by atoms with Gasteiger partial charge in [-0.3, -0.25) is 0 Å². The summed E-state index contributed by atoms with van der Waals surface area (Å²) < 4.78 is 0. The van der Waals surface area contributed by atoms with Crippen molar-refractivity contribution in [2.45, 2.75) is 0 Å². The molecule has 0 rings (SSSR count). The first-order valence-corrected chi connectivity index (χ1v) is 3.58. The Morgan fingerprint density at radius 2 is 0.385 bits per heavy atom. The van der Waals surface area contributed by atoms with Crippen molar-refractivity contribution in [2.75, 3.05) is 56.4 Å². The molecule has 85 valence electrons. The minimum atomic E-state index is 0. The van der Waals surface area contributed by atoms with Gasteiger partial charge in [-0.2, -0.15) is 56.4 Å². The van der Waals surface area contributed by atoms with Crippen LogP contribution in [0.5, 0.6) is 0 Å². The zero-order valence-corrected chi connectivity index (χ0v) is 13.4. The summed E-state index contributed by atoms with van der Waals surface area (Å²) in [5.74, 6) is 0. The van der Waals surface area contributed by atoms with E-state index >= 15 is 0 Å². The Hall–Kier alpha value is 0.580. The van der Waals surface area contributed by atoms with Crippen LogP contribution in [-0.4, -0.2) is 56.4 Å². The molecule has 0 amide bonds. The van der Waals surface area contributed by atoms with Crippen molar-refractivity contribution in [3.8, 4) is 0 Å². The van der Waals surface area contributed by atoms with Crippen molar-refractivity contribution in [3.63, 3.8) is 0 Å². The van der Waals surface area contributed by atoms with Gasteiger partial charge in [-0.15, -0.1) is 0 Å². The van der Waals surface area contributed by atoms with E-state index in [4.69, 9.17) is 0 Å². The van der Waals surface area contributed by atoms with Crippen LogP contribution < -0.4 is 0 Å². The summed E-state index contributed by atoms with van der Waals surface area (Å²) in [6, 6.07) is 0. The Bertz CT molecular complexity index is 24.1. The number of nitrogens with zero attached hydrogens (tertiary/aromatic N) is 4. The molecule has 0 saturated heterocycles. The first-order chi connectivity index (χ1) is 5.66. The summed E-state index contributed by atoms with van der Waals surface area (Å²) in [5.41, 5.74) is 0. The topological polar surface area (TPSA) is 56.4 Å². The number of rotatable bonds is 0. The second kappa shape index (κ2) is 80.4. The van der Waals surface area contributed by atoms with Crippen LogP contribution in [0.15, 0.2) is 0 Å². The van der Waals surface area contributed by atoms with E-state index in [2.05, 4.69) is 21.3 Å². The van der Waals surface area contributed by atoms with Crippen LogP contribution in [0.4, 0.5) is 0 Å². The molecule has 0 aromatic heterocycles. The molecule has 0 aromatic rings. The summed E-state index contributed by atoms with van der Waals surface area (Å²) in [5, 5.41) is 14.0. The smallest absolute Gasteiger partial charge is 0 e. The average molecular weight is 357 g/mol. The molecule has 0 fully saturated rings. The minimum absolute atomic E-state index is 0. The van der Waals surface area contributed by atoms with E-state index < -0.39 is 0 Å². The van der Waals surface area contributed by atoms with Crippen LogP contribution in [0.3, 0.4) is 0 Å². The van der Waals surface area contributed by atoms with Gasteiger partial charge in [0.2, 0.25) is 0 Å². The number of hydrogen-bond acceptors (Lipinski definition) is 0. The van der Waals surface area contributed by atoms with Gasteiger partial charge in [-0.25, -0.2) is 0 Å². The maximum Gasteiger partial charge on any atom is 0 e. The van der Waals surface area contributed by atoms with E-state index in [9.17, 15) is 0 Å². The predicted molar refractivity (Wildman–Crippen MR) is 60.8 cm³/mol. The van der Waals surface area contributed by atoms with E-state index in [-0.39, 0.29) is 22.4 Å². The summed E-state index contributed by atoms with van der Waals surface area (Å²) in [7, 11) is 14.0. The molecule has 0 bridgehead atoms. The van der Waals surface area contributed by atoms with Gasteiger partial charge in [-0.1, -0.05) is 0 Å². The van der Waals surface area contributed by atoms with Gasteiger partial charge in [0.15, 0.2) is 0 Å². The molecule has 0 atom stereocenters. The quantitative estimate of drug-likeness (QED) is 0.640. The van der Waals surface area contributed by atoms with E-state index in [0.717, 1.165) is 0 Å². The molecule has 0 aliphatic carbocycles. The standard InChI is InChI=1S/4C2H6N.Ta/c4*1-3-2;/h4*1-2H3;/q4*-1;. The third kappa shape index (κ3) is 4180. The average Bonchev–Trinajstić information content (AvgIpc) is 1.92. The summed E-state index contributed by atoms with van der Waals surface area (Å²) in [4.78, 5) is 0. The predicted octanol–water partition coefficient (Wildman–Crippen LogP) is 2.48. The first-order valence-electron chi connectivity index (χ1n) is 3.58. The molecule has 0 unspecified atom stereocenters. The largest absolute Gasteiger partial charge is 0.668 e. The van der Waals surface area contributed by atoms with Crippen molar-refractivity contribution in [2.24, 2.45) is 0 Å². The van der Waals surface area contributed by atoms with E-state index in [1.54, 1.807) is 56.4 Å². The monoisotopic (exact) mass is 357 g/mol. The Morgan fingerprint density at radius 1 is 0.385 bits per heavy atom. The van der Waals surface area contributed by atoms with Gasteiger partial charge in [0, 0.05) is 22.4 Å². The fourth-order valence-electron chi connectivity index (χ4n) is 0. The maximum atomic E-state index is 3.50. The van der Waals surface area contributed by atoms with Crippen LogP contribution >= 0.6 is 0 Å². The second-order valence-electron chi connectivity index (χ2n) is 1.79. The van der Waals surface area contributed by atoms with Crippen LogP contribution in [0.25, 0.3) is 21.3 Å². The van der Waals surface area contributed by atoms with Gasteiger partial charge in [0.05, 0.1) is 0 Å². The maximum absolute atomic E-state index is 3.50. The molecule has 13 heavy (non-hydrogen) atoms. The van der Waals surface area contributed by atoms with Crippen LogP contribution in [0, 0.1) is 0 Å². The van der Waals surface area contributed by atoms with E-state index in [1.807, 2.05) is 0 Å². The van der Waals surface area contributed by atoms with Crippen LogP contribution in [-0.2, 0) is 22.4 Å². The molecule has 0 spiro atoms. The zero-order chi connectivity index (χ0) is 10.8. The molecular formula is C8H24N4Ta-4. The Morgan fingerprint density at radius 3 is 0.385 bits per heavy atom. The van der Waals surface area contributed by atoms with Gasteiger partial charge >= 0.3 is 0 Å². The Kier molecular flexibility index (Phi) is 181. The third-order valence-corrected chi connectivity index (χ3v) is 0. The molecule has 0 aliphatic heterocycles. The van der Waals surface area contributed by atoms with Gasteiger partial charge in [0.1, 0.15) is 0 Å². The molecule has 4 nitrogen and oxygen atoms in total. The van der Waals surface area contributed by atoms with Crippen molar-refractivity contribution in [1.29, 1.82) is 0 Å². The molecule has 0 heterocycles. The fraction of sp³-hybridized carbons (Fsp3) is 1.00. The summed E-state index contributed by atoms with van der Waals surface area (Å²) in [6.07, 6.45) is 0. The normalized spacial score (nSPS) is 5.54. The van der Waals surface area contributed by atoms with Crippen LogP contribution in [0.1, 0.15) is 0 Å². The van der Waals surface area contributed by atoms with Gasteiger partial charge in [0.25, 0.3) is 0 Å². The Balaban J connectivity index is -0.0000000213. The second-order valence-corrected chi connectivity index (χ2v) is 1.79. The van der Waals surface area contributed by atoms with E-state index in [1.165, 1.54) is 0 Å². The van der Waals surface area contributed by atoms with Crippen molar-refractivity contribution in [3.05, 3.63) is 21.3 Å². The van der Waals surface area contributed by atoms with Crippen molar-refractivity contribution < 1.29 is 22.4 Å². The van der Waals surface area contributed by atoms with Gasteiger partial charge in [-0.05, 0) is 0 Å². The molecule has 0 aromatic carbocycles. The molecule has 0 saturated carbocycles. The van der Waals surface area contributed by atoms with E-state index in [0.29, 0.717) is 0 Å². The first kappa shape index (κ1) is 29.2. The summed E-state index contributed by atoms with van der Waals surface area (Å²) >= 11 is 0. The van der Waals surface area contributed by atoms with Crippen molar-refractivity contribution in [1.82, 2.24) is 0 Å². The van der Waals surface area contributed by atoms with Gasteiger partial charge < -0.3 is 21.3 Å². The number of hydrogen-bond donors (Lipinski definition) is 0. The fourth-order valence-corrected chi connectivity index (χ4v) is 0.